The minimum absolute atomic E-state index is 0.170. The van der Waals surface area contributed by atoms with Crippen molar-refractivity contribution in [2.45, 2.75) is 13.5 Å². The summed E-state index contributed by atoms with van der Waals surface area (Å²) in [5, 5.41) is 9.18. The Bertz CT molecular complexity index is 489. The fourth-order valence-electron chi connectivity index (χ4n) is 2.76. The topological polar surface area (TPSA) is 59.0 Å². The first-order valence-corrected chi connectivity index (χ1v) is 6.71. The van der Waals surface area contributed by atoms with E-state index in [9.17, 15) is 9.90 Å². The van der Waals surface area contributed by atoms with Gasteiger partial charge in [-0.2, -0.15) is 0 Å². The highest BCUT2D eigenvalue weighted by atomic mass is 16.5. The van der Waals surface area contributed by atoms with Crippen molar-refractivity contribution in [3.63, 3.8) is 0 Å². The number of carboxylic acids is 1. The molecule has 20 heavy (non-hydrogen) atoms. The molecule has 0 spiro atoms. The lowest BCUT2D eigenvalue weighted by molar-refractivity contribution is -0.142. The molecule has 1 heterocycles. The van der Waals surface area contributed by atoms with Gasteiger partial charge in [-0.05, 0) is 24.1 Å². The number of rotatable bonds is 5. The summed E-state index contributed by atoms with van der Waals surface area (Å²) in [5.74, 6) is 0.758. The summed E-state index contributed by atoms with van der Waals surface area (Å²) in [6.07, 6.45) is 0. The van der Waals surface area contributed by atoms with Crippen molar-refractivity contribution in [1.82, 2.24) is 4.90 Å². The standard InChI is InChI=1S/C15H21NO4/c1-10-7-16(9-13(10)15(17)18)8-11-6-12(19-2)4-5-14(11)20-3/h4-6,10,13H,7-9H2,1-3H3,(H,17,18). The van der Waals surface area contributed by atoms with E-state index in [0.717, 1.165) is 23.6 Å². The molecule has 1 aromatic rings. The molecule has 0 bridgehead atoms. The third-order valence-corrected chi connectivity index (χ3v) is 3.89. The normalized spacial score (nSPS) is 22.8. The molecule has 110 valence electrons. The summed E-state index contributed by atoms with van der Waals surface area (Å²) < 4.78 is 10.6. The molecule has 2 unspecified atom stereocenters. The maximum atomic E-state index is 11.2. The quantitative estimate of drug-likeness (QED) is 0.891. The van der Waals surface area contributed by atoms with Crippen LogP contribution in [0.1, 0.15) is 12.5 Å². The second-order valence-electron chi connectivity index (χ2n) is 5.29. The number of carboxylic acid groups (broad SMARTS) is 1. The van der Waals surface area contributed by atoms with E-state index in [-0.39, 0.29) is 11.8 Å². The van der Waals surface area contributed by atoms with Gasteiger partial charge in [-0.15, -0.1) is 0 Å². The maximum Gasteiger partial charge on any atom is 0.308 e. The molecule has 1 fully saturated rings. The molecule has 1 N–H and O–H groups in total. The van der Waals surface area contributed by atoms with E-state index >= 15 is 0 Å². The number of likely N-dealkylation sites (tertiary alicyclic amines) is 1. The number of hydrogen-bond acceptors (Lipinski definition) is 4. The van der Waals surface area contributed by atoms with Crippen molar-refractivity contribution in [3.05, 3.63) is 23.8 Å². The Balaban J connectivity index is 2.12. The molecule has 1 aromatic carbocycles. The monoisotopic (exact) mass is 279 g/mol. The summed E-state index contributed by atoms with van der Waals surface area (Å²) in [5.41, 5.74) is 1.02. The lowest BCUT2D eigenvalue weighted by Gasteiger charge is -2.18. The summed E-state index contributed by atoms with van der Waals surface area (Å²) in [4.78, 5) is 13.3. The molecule has 2 atom stereocenters. The van der Waals surface area contributed by atoms with Crippen LogP contribution < -0.4 is 9.47 Å². The predicted octanol–water partition coefficient (Wildman–Crippen LogP) is 1.86. The molecule has 5 heteroatoms. The van der Waals surface area contributed by atoms with Crippen LogP contribution in [0.25, 0.3) is 0 Å². The van der Waals surface area contributed by atoms with Crippen LogP contribution in [-0.4, -0.2) is 43.3 Å². The molecule has 0 amide bonds. The highest BCUT2D eigenvalue weighted by Crippen LogP contribution is 2.29. The van der Waals surface area contributed by atoms with Gasteiger partial charge in [-0.3, -0.25) is 9.69 Å². The Kier molecular flexibility index (Phi) is 4.49. The zero-order valence-electron chi connectivity index (χ0n) is 12.1. The third-order valence-electron chi connectivity index (χ3n) is 3.89. The van der Waals surface area contributed by atoms with E-state index in [1.165, 1.54) is 0 Å². The van der Waals surface area contributed by atoms with Gasteiger partial charge in [0.1, 0.15) is 11.5 Å². The van der Waals surface area contributed by atoms with Gasteiger partial charge < -0.3 is 14.6 Å². The van der Waals surface area contributed by atoms with Crippen molar-refractivity contribution in [3.8, 4) is 11.5 Å². The molecule has 0 aromatic heterocycles. The molecule has 1 aliphatic heterocycles. The van der Waals surface area contributed by atoms with Gasteiger partial charge in [0, 0.05) is 25.2 Å². The summed E-state index contributed by atoms with van der Waals surface area (Å²) >= 11 is 0. The fraction of sp³-hybridized carbons (Fsp3) is 0.533. The van der Waals surface area contributed by atoms with Gasteiger partial charge in [0.05, 0.1) is 20.1 Å². The minimum atomic E-state index is -0.711. The fourth-order valence-corrected chi connectivity index (χ4v) is 2.76. The summed E-state index contributed by atoms with van der Waals surface area (Å²) in [6.45, 7) is 4.03. The number of aliphatic carboxylic acids is 1. The van der Waals surface area contributed by atoms with Crippen LogP contribution in [0.15, 0.2) is 18.2 Å². The maximum absolute atomic E-state index is 11.2. The van der Waals surface area contributed by atoms with Gasteiger partial charge in [-0.1, -0.05) is 6.92 Å². The van der Waals surface area contributed by atoms with E-state index in [1.807, 2.05) is 25.1 Å². The Morgan fingerprint density at radius 3 is 2.65 bits per heavy atom. The molecular weight excluding hydrogens is 258 g/mol. The number of hydrogen-bond donors (Lipinski definition) is 1. The minimum Gasteiger partial charge on any atom is -0.497 e. The summed E-state index contributed by atoms with van der Waals surface area (Å²) in [7, 11) is 3.27. The average Bonchev–Trinajstić information content (AvgIpc) is 2.79. The molecule has 1 aliphatic rings. The highest BCUT2D eigenvalue weighted by Gasteiger charge is 2.34. The van der Waals surface area contributed by atoms with E-state index in [2.05, 4.69) is 4.90 Å². The smallest absolute Gasteiger partial charge is 0.308 e. The molecule has 0 radical (unpaired) electrons. The number of methoxy groups -OCH3 is 2. The average molecular weight is 279 g/mol. The molecule has 0 saturated carbocycles. The summed E-state index contributed by atoms with van der Waals surface area (Å²) in [6, 6.07) is 5.68. The van der Waals surface area contributed by atoms with Crippen LogP contribution in [0.4, 0.5) is 0 Å². The zero-order chi connectivity index (χ0) is 14.7. The molecule has 5 nitrogen and oxygen atoms in total. The van der Waals surface area contributed by atoms with Crippen molar-refractivity contribution >= 4 is 5.97 Å². The van der Waals surface area contributed by atoms with E-state index in [1.54, 1.807) is 14.2 Å². The van der Waals surface area contributed by atoms with Gasteiger partial charge in [0.2, 0.25) is 0 Å². The Morgan fingerprint density at radius 2 is 2.10 bits per heavy atom. The van der Waals surface area contributed by atoms with Crippen molar-refractivity contribution in [2.75, 3.05) is 27.3 Å². The van der Waals surface area contributed by atoms with Gasteiger partial charge in [-0.25, -0.2) is 0 Å². The largest absolute Gasteiger partial charge is 0.497 e. The van der Waals surface area contributed by atoms with Gasteiger partial charge in [0.25, 0.3) is 0 Å². The van der Waals surface area contributed by atoms with Crippen LogP contribution in [0.3, 0.4) is 0 Å². The highest BCUT2D eigenvalue weighted by molar-refractivity contribution is 5.71. The van der Waals surface area contributed by atoms with Gasteiger partial charge in [0.15, 0.2) is 0 Å². The molecule has 0 aliphatic carbocycles. The molecule has 1 saturated heterocycles. The molecular formula is C15H21NO4. The van der Waals surface area contributed by atoms with E-state index in [0.29, 0.717) is 13.1 Å². The SMILES string of the molecule is COc1ccc(OC)c(CN2CC(C)C(C(=O)O)C2)c1. The van der Waals surface area contributed by atoms with E-state index < -0.39 is 5.97 Å². The molecule has 2 rings (SSSR count). The first kappa shape index (κ1) is 14.7. The lowest BCUT2D eigenvalue weighted by atomic mass is 9.99. The van der Waals surface area contributed by atoms with Gasteiger partial charge >= 0.3 is 5.97 Å². The number of benzene rings is 1. The second-order valence-corrected chi connectivity index (χ2v) is 5.29. The Morgan fingerprint density at radius 1 is 1.35 bits per heavy atom. The lowest BCUT2D eigenvalue weighted by Crippen LogP contribution is -2.23. The number of carbonyl (C=O) groups is 1. The Hall–Kier alpha value is -1.75. The number of nitrogens with zero attached hydrogens (tertiary/aromatic N) is 1. The van der Waals surface area contributed by atoms with E-state index in [4.69, 9.17) is 9.47 Å². The van der Waals surface area contributed by atoms with Crippen LogP contribution in [0.5, 0.6) is 11.5 Å². The number of ether oxygens (including phenoxy) is 2. The second kappa shape index (κ2) is 6.13. The van der Waals surface area contributed by atoms with Crippen molar-refractivity contribution < 1.29 is 19.4 Å². The first-order valence-electron chi connectivity index (χ1n) is 6.71. The zero-order valence-corrected chi connectivity index (χ0v) is 12.1. The van der Waals surface area contributed by atoms with Crippen LogP contribution in [0.2, 0.25) is 0 Å². The van der Waals surface area contributed by atoms with Crippen LogP contribution in [0, 0.1) is 11.8 Å². The first-order chi connectivity index (χ1) is 9.55. The van der Waals surface area contributed by atoms with Crippen molar-refractivity contribution in [2.24, 2.45) is 11.8 Å². The van der Waals surface area contributed by atoms with Crippen LogP contribution in [-0.2, 0) is 11.3 Å². The Labute approximate surface area is 119 Å². The third kappa shape index (κ3) is 3.04. The predicted molar refractivity (Wildman–Crippen MR) is 75.1 cm³/mol. The van der Waals surface area contributed by atoms with Crippen LogP contribution >= 0.6 is 0 Å². The van der Waals surface area contributed by atoms with Crippen molar-refractivity contribution in [1.29, 1.82) is 0 Å².